The number of nitrogens with one attached hydrogen (secondary N) is 2. The minimum Gasteiger partial charge on any atom is -0.367 e. The molecule has 2 aromatic rings. The van der Waals surface area contributed by atoms with Crippen molar-refractivity contribution in [2.24, 2.45) is 0 Å². The van der Waals surface area contributed by atoms with E-state index in [-0.39, 0.29) is 5.56 Å². The molecule has 1 heterocycles. The van der Waals surface area contributed by atoms with Gasteiger partial charge in [-0.05, 0) is 37.1 Å². The van der Waals surface area contributed by atoms with Gasteiger partial charge in [-0.25, -0.2) is 9.37 Å². The number of nitrogens with zero attached hydrogens (tertiary/aromatic N) is 1. The molecule has 0 spiro atoms. The van der Waals surface area contributed by atoms with E-state index >= 15 is 0 Å². The van der Waals surface area contributed by atoms with E-state index in [1.807, 2.05) is 6.07 Å². The average Bonchev–Trinajstić information content (AvgIpc) is 2.58. The van der Waals surface area contributed by atoms with Gasteiger partial charge in [0, 0.05) is 6.04 Å². The lowest BCUT2D eigenvalue weighted by Crippen LogP contribution is -2.22. The molecule has 1 amide bonds. The van der Waals surface area contributed by atoms with E-state index in [2.05, 4.69) is 15.6 Å². The molecule has 0 saturated heterocycles. The van der Waals surface area contributed by atoms with Crippen molar-refractivity contribution in [2.75, 3.05) is 10.6 Å². The summed E-state index contributed by atoms with van der Waals surface area (Å²) in [7, 11) is 0. The molecule has 1 fully saturated rings. The highest BCUT2D eigenvalue weighted by atomic mass is 19.1. The second-order valence-corrected chi connectivity index (χ2v) is 5.85. The van der Waals surface area contributed by atoms with Gasteiger partial charge < -0.3 is 10.6 Å². The van der Waals surface area contributed by atoms with Crippen LogP contribution in [0.3, 0.4) is 0 Å². The molecule has 0 unspecified atom stereocenters. The number of halogens is 1. The van der Waals surface area contributed by atoms with Crippen LogP contribution in [0.5, 0.6) is 0 Å². The zero-order chi connectivity index (χ0) is 16.1. The van der Waals surface area contributed by atoms with Crippen molar-refractivity contribution in [2.45, 2.75) is 38.1 Å². The van der Waals surface area contributed by atoms with Gasteiger partial charge in [-0.3, -0.25) is 4.79 Å². The highest BCUT2D eigenvalue weighted by Gasteiger charge is 2.14. The summed E-state index contributed by atoms with van der Waals surface area (Å²) < 4.78 is 13.6. The summed E-state index contributed by atoms with van der Waals surface area (Å²) in [5, 5.41) is 6.08. The maximum absolute atomic E-state index is 13.6. The Labute approximate surface area is 135 Å². The van der Waals surface area contributed by atoms with Crippen LogP contribution in [0.1, 0.15) is 42.5 Å². The Hall–Kier alpha value is -2.43. The summed E-state index contributed by atoms with van der Waals surface area (Å²) in [5.74, 6) is -0.202. The Morgan fingerprint density at radius 2 is 1.87 bits per heavy atom. The number of carbonyl (C=O) groups excluding carboxylic acids is 1. The fourth-order valence-corrected chi connectivity index (χ4v) is 2.85. The second kappa shape index (κ2) is 7.22. The van der Waals surface area contributed by atoms with E-state index < -0.39 is 11.7 Å². The summed E-state index contributed by atoms with van der Waals surface area (Å²) in [6, 6.07) is 10.0. The minimum atomic E-state index is -0.534. The predicted molar refractivity (Wildman–Crippen MR) is 89.1 cm³/mol. The zero-order valence-corrected chi connectivity index (χ0v) is 12.9. The molecule has 23 heavy (non-hydrogen) atoms. The monoisotopic (exact) mass is 313 g/mol. The number of amides is 1. The highest BCUT2D eigenvalue weighted by molar-refractivity contribution is 6.04. The molecule has 3 rings (SSSR count). The van der Waals surface area contributed by atoms with Gasteiger partial charge in [0.25, 0.3) is 5.91 Å². The molecule has 0 radical (unpaired) electrons. The average molecular weight is 313 g/mol. The lowest BCUT2D eigenvalue weighted by Gasteiger charge is -2.23. The lowest BCUT2D eigenvalue weighted by atomic mass is 9.95. The van der Waals surface area contributed by atoms with E-state index in [4.69, 9.17) is 0 Å². The molecule has 4 nitrogen and oxygen atoms in total. The molecule has 0 bridgehead atoms. The third-order valence-corrected chi connectivity index (χ3v) is 4.10. The third kappa shape index (κ3) is 4.06. The van der Waals surface area contributed by atoms with E-state index in [0.717, 1.165) is 5.82 Å². The van der Waals surface area contributed by atoms with Gasteiger partial charge in [0.1, 0.15) is 11.6 Å². The van der Waals surface area contributed by atoms with Gasteiger partial charge in [-0.15, -0.1) is 0 Å². The number of aromatic nitrogens is 1. The summed E-state index contributed by atoms with van der Waals surface area (Å²) >= 11 is 0. The Morgan fingerprint density at radius 1 is 1.09 bits per heavy atom. The summed E-state index contributed by atoms with van der Waals surface area (Å²) in [4.78, 5) is 16.4. The Kier molecular flexibility index (Phi) is 4.86. The number of hydrogen-bond acceptors (Lipinski definition) is 3. The minimum absolute atomic E-state index is 0.0249. The van der Waals surface area contributed by atoms with Crippen molar-refractivity contribution < 1.29 is 9.18 Å². The number of rotatable bonds is 4. The van der Waals surface area contributed by atoms with Gasteiger partial charge in [-0.2, -0.15) is 0 Å². The Morgan fingerprint density at radius 3 is 2.57 bits per heavy atom. The molecule has 120 valence electrons. The largest absolute Gasteiger partial charge is 0.367 e. The van der Waals surface area contributed by atoms with Crippen LogP contribution in [0.25, 0.3) is 0 Å². The molecule has 1 aliphatic carbocycles. The van der Waals surface area contributed by atoms with Gasteiger partial charge in [0.2, 0.25) is 0 Å². The van der Waals surface area contributed by atoms with Gasteiger partial charge in [0.15, 0.2) is 0 Å². The first-order chi connectivity index (χ1) is 11.2. The highest BCUT2D eigenvalue weighted by Crippen LogP contribution is 2.21. The summed E-state index contributed by atoms with van der Waals surface area (Å²) in [6.45, 7) is 0. The predicted octanol–water partition coefficient (Wildman–Crippen LogP) is 4.22. The van der Waals surface area contributed by atoms with Crippen LogP contribution >= 0.6 is 0 Å². The molecule has 1 aromatic carbocycles. The van der Waals surface area contributed by atoms with Crippen molar-refractivity contribution in [3.8, 4) is 0 Å². The molecule has 1 aromatic heterocycles. The first kappa shape index (κ1) is 15.5. The molecule has 0 aliphatic heterocycles. The van der Waals surface area contributed by atoms with Crippen LogP contribution in [0.2, 0.25) is 0 Å². The van der Waals surface area contributed by atoms with Gasteiger partial charge in [0.05, 0.1) is 17.4 Å². The van der Waals surface area contributed by atoms with Crippen LogP contribution in [0, 0.1) is 5.82 Å². The number of carbonyl (C=O) groups is 1. The molecule has 1 saturated carbocycles. The summed E-state index contributed by atoms with van der Waals surface area (Å²) in [5.41, 5.74) is 0.573. The summed E-state index contributed by atoms with van der Waals surface area (Å²) in [6.07, 6.45) is 7.76. The fourth-order valence-electron chi connectivity index (χ4n) is 2.85. The van der Waals surface area contributed by atoms with Crippen LogP contribution in [-0.2, 0) is 0 Å². The second-order valence-electron chi connectivity index (χ2n) is 5.85. The third-order valence-electron chi connectivity index (χ3n) is 4.10. The lowest BCUT2D eigenvalue weighted by molar-refractivity contribution is 0.102. The zero-order valence-electron chi connectivity index (χ0n) is 12.9. The number of benzene rings is 1. The van der Waals surface area contributed by atoms with Crippen LogP contribution in [0.15, 0.2) is 42.6 Å². The van der Waals surface area contributed by atoms with E-state index in [9.17, 15) is 9.18 Å². The Bertz CT molecular complexity index is 666. The standard InChI is InChI=1S/C18H20FN3O/c19-16-9-5-4-8-15(16)18(23)22-14-10-11-17(20-12-14)21-13-6-2-1-3-7-13/h4-5,8-13H,1-3,6-7H2,(H,20,21)(H,22,23). The first-order valence-corrected chi connectivity index (χ1v) is 8.01. The Balaban J connectivity index is 1.61. The molecular formula is C18H20FN3O. The fraction of sp³-hybridized carbons (Fsp3) is 0.333. The molecule has 2 N–H and O–H groups in total. The van der Waals surface area contributed by atoms with Gasteiger partial charge >= 0.3 is 0 Å². The topological polar surface area (TPSA) is 54.0 Å². The van der Waals surface area contributed by atoms with Gasteiger partial charge in [-0.1, -0.05) is 31.4 Å². The number of hydrogen-bond donors (Lipinski definition) is 2. The van der Waals surface area contributed by atoms with E-state index in [1.165, 1.54) is 44.2 Å². The first-order valence-electron chi connectivity index (χ1n) is 8.01. The van der Waals surface area contributed by atoms with Crippen molar-refractivity contribution >= 4 is 17.4 Å². The molecule has 5 heteroatoms. The van der Waals surface area contributed by atoms with E-state index in [1.54, 1.807) is 24.4 Å². The van der Waals surface area contributed by atoms with Crippen molar-refractivity contribution in [3.05, 3.63) is 54.0 Å². The molecule has 1 aliphatic rings. The van der Waals surface area contributed by atoms with Crippen molar-refractivity contribution in [1.82, 2.24) is 4.98 Å². The van der Waals surface area contributed by atoms with Crippen molar-refractivity contribution in [1.29, 1.82) is 0 Å². The normalized spacial score (nSPS) is 15.2. The smallest absolute Gasteiger partial charge is 0.258 e. The van der Waals surface area contributed by atoms with Crippen LogP contribution in [0.4, 0.5) is 15.9 Å². The molecule has 0 atom stereocenters. The van der Waals surface area contributed by atoms with Crippen molar-refractivity contribution in [3.63, 3.8) is 0 Å². The maximum Gasteiger partial charge on any atom is 0.258 e. The SMILES string of the molecule is O=C(Nc1ccc(NC2CCCCC2)nc1)c1ccccc1F. The quantitative estimate of drug-likeness (QED) is 0.888. The molecular weight excluding hydrogens is 293 g/mol. The van der Waals surface area contributed by atoms with E-state index in [0.29, 0.717) is 11.7 Å². The number of anilines is 2. The maximum atomic E-state index is 13.6. The van der Waals surface area contributed by atoms with Crippen LogP contribution in [-0.4, -0.2) is 16.9 Å². The number of pyridine rings is 1. The van der Waals surface area contributed by atoms with Crippen LogP contribution < -0.4 is 10.6 Å².